The summed E-state index contributed by atoms with van der Waals surface area (Å²) in [6.45, 7) is 3.56. The van der Waals surface area contributed by atoms with Crippen molar-refractivity contribution in [1.82, 2.24) is 0 Å². The quantitative estimate of drug-likeness (QED) is 0.358. The molecular weight excluding hydrogens is 484 g/mol. The molecule has 1 heterocycles. The van der Waals surface area contributed by atoms with Gasteiger partial charge < -0.3 is 14.2 Å². The zero-order valence-electron chi connectivity index (χ0n) is 21.3. The minimum Gasteiger partial charge on any atom is -0.432 e. The number of hydrogen-bond acceptors (Lipinski definition) is 3. The summed E-state index contributed by atoms with van der Waals surface area (Å²) in [7, 11) is 0. The van der Waals surface area contributed by atoms with Crippen LogP contribution in [0.3, 0.4) is 0 Å². The van der Waals surface area contributed by atoms with Gasteiger partial charge in [-0.05, 0) is 80.0 Å². The number of ether oxygens (including phenoxy) is 3. The van der Waals surface area contributed by atoms with Gasteiger partial charge in [0.2, 0.25) is 0 Å². The Hall–Kier alpha value is -2.12. The first-order valence-corrected chi connectivity index (χ1v) is 13.6. The molecule has 202 valence electrons. The van der Waals surface area contributed by atoms with Crippen LogP contribution in [0.4, 0.5) is 17.6 Å². The summed E-state index contributed by atoms with van der Waals surface area (Å²) < 4.78 is 74.7. The number of benzene rings is 2. The Bertz CT molecular complexity index is 1040. The van der Waals surface area contributed by atoms with Gasteiger partial charge >= 0.3 is 6.11 Å². The molecule has 0 N–H and O–H groups in total. The molecule has 2 aromatic carbocycles. The second-order valence-electron chi connectivity index (χ2n) is 11.2. The van der Waals surface area contributed by atoms with E-state index >= 15 is 4.39 Å². The Morgan fingerprint density at radius 3 is 2.16 bits per heavy atom. The molecule has 0 atom stereocenters. The second-order valence-corrected chi connectivity index (χ2v) is 11.2. The van der Waals surface area contributed by atoms with Gasteiger partial charge in [0.25, 0.3) is 0 Å². The highest BCUT2D eigenvalue weighted by Gasteiger charge is 2.44. The van der Waals surface area contributed by atoms with Crippen molar-refractivity contribution in [2.45, 2.75) is 76.6 Å². The molecule has 3 fully saturated rings. The van der Waals surface area contributed by atoms with E-state index in [4.69, 9.17) is 14.2 Å². The van der Waals surface area contributed by atoms with E-state index in [2.05, 4.69) is 6.92 Å². The number of alkyl halides is 2. The highest BCUT2D eigenvalue weighted by Crippen LogP contribution is 2.44. The number of hydrogen-bond donors (Lipinski definition) is 0. The second kappa shape index (κ2) is 11.3. The van der Waals surface area contributed by atoms with E-state index < -0.39 is 24.1 Å². The van der Waals surface area contributed by atoms with E-state index in [0.29, 0.717) is 49.0 Å². The van der Waals surface area contributed by atoms with Crippen molar-refractivity contribution in [2.24, 2.45) is 23.7 Å². The van der Waals surface area contributed by atoms with Crippen molar-refractivity contribution in [3.63, 3.8) is 0 Å². The Kier molecular flexibility index (Phi) is 8.10. The third kappa shape index (κ3) is 6.31. The number of rotatable bonds is 6. The van der Waals surface area contributed by atoms with Crippen LogP contribution in [0, 0.1) is 35.3 Å². The fraction of sp³-hybridized carbons (Fsp3) is 0.600. The van der Waals surface area contributed by atoms with Gasteiger partial charge in [0.1, 0.15) is 17.4 Å². The average Bonchev–Trinajstić information content (AvgIpc) is 2.89. The molecule has 0 radical (unpaired) electrons. The molecule has 37 heavy (non-hydrogen) atoms. The third-order valence-corrected chi connectivity index (χ3v) is 8.64. The molecule has 3 nitrogen and oxygen atoms in total. The minimum absolute atomic E-state index is 0.137. The van der Waals surface area contributed by atoms with E-state index in [-0.39, 0.29) is 30.3 Å². The van der Waals surface area contributed by atoms with Gasteiger partial charge in [-0.1, -0.05) is 38.0 Å². The van der Waals surface area contributed by atoms with Crippen molar-refractivity contribution in [3.05, 3.63) is 65.2 Å². The Labute approximate surface area is 216 Å². The monoisotopic (exact) mass is 520 g/mol. The maximum atomic E-state index is 15.1. The normalized spacial score (nSPS) is 31.2. The standard InChI is InChI=1S/C30H36F4O3/c1-19-5-7-20(8-6-19)23-17-35-29(36-18-23)22-11-14-27(28(32)15-22)21-9-12-24(13-10-21)30(33,34)37-26-4-2-3-25(31)16-26/h2-4,11,14-16,19-21,23-24,29H,5-10,12-13,17-18H2,1H3. The van der Waals surface area contributed by atoms with Crippen molar-refractivity contribution < 1.29 is 31.8 Å². The lowest BCUT2D eigenvalue weighted by atomic mass is 9.76. The summed E-state index contributed by atoms with van der Waals surface area (Å²) in [6.07, 6.45) is 2.24. The molecular formula is C30H36F4O3. The van der Waals surface area contributed by atoms with E-state index in [1.54, 1.807) is 6.07 Å². The summed E-state index contributed by atoms with van der Waals surface area (Å²) in [5, 5.41) is 0. The fourth-order valence-electron chi connectivity index (χ4n) is 6.27. The molecule has 0 bridgehead atoms. The van der Waals surface area contributed by atoms with Gasteiger partial charge in [0.05, 0.1) is 19.1 Å². The maximum Gasteiger partial charge on any atom is 0.400 e. The first-order valence-electron chi connectivity index (χ1n) is 13.6. The molecule has 5 rings (SSSR count). The first-order chi connectivity index (χ1) is 17.8. The Balaban J connectivity index is 1.14. The van der Waals surface area contributed by atoms with E-state index in [1.165, 1.54) is 49.9 Å². The molecule has 2 aromatic rings. The summed E-state index contributed by atoms with van der Waals surface area (Å²) in [5.41, 5.74) is 1.20. The van der Waals surface area contributed by atoms with E-state index in [9.17, 15) is 13.2 Å². The summed E-state index contributed by atoms with van der Waals surface area (Å²) in [6, 6.07) is 9.83. The third-order valence-electron chi connectivity index (χ3n) is 8.64. The van der Waals surface area contributed by atoms with Crippen LogP contribution in [0.1, 0.15) is 81.6 Å². The van der Waals surface area contributed by atoms with Crippen molar-refractivity contribution in [2.75, 3.05) is 13.2 Å². The fourth-order valence-corrected chi connectivity index (χ4v) is 6.27. The Morgan fingerprint density at radius 2 is 1.51 bits per heavy atom. The summed E-state index contributed by atoms with van der Waals surface area (Å²) in [5.74, 6) is -0.473. The topological polar surface area (TPSA) is 27.7 Å². The van der Waals surface area contributed by atoms with Crippen LogP contribution < -0.4 is 4.74 Å². The summed E-state index contributed by atoms with van der Waals surface area (Å²) >= 11 is 0. The molecule has 2 saturated carbocycles. The molecule has 3 aliphatic rings. The maximum absolute atomic E-state index is 15.1. The molecule has 2 aliphatic carbocycles. The molecule has 0 unspecified atom stereocenters. The summed E-state index contributed by atoms with van der Waals surface area (Å²) in [4.78, 5) is 0. The largest absolute Gasteiger partial charge is 0.432 e. The van der Waals surface area contributed by atoms with Gasteiger partial charge in [-0.25, -0.2) is 8.78 Å². The highest BCUT2D eigenvalue weighted by atomic mass is 19.3. The molecule has 7 heteroatoms. The van der Waals surface area contributed by atoms with Gasteiger partial charge in [0, 0.05) is 17.5 Å². The highest BCUT2D eigenvalue weighted by molar-refractivity contribution is 5.29. The van der Waals surface area contributed by atoms with Crippen LogP contribution in [0.5, 0.6) is 5.75 Å². The van der Waals surface area contributed by atoms with Crippen molar-refractivity contribution >= 4 is 0 Å². The van der Waals surface area contributed by atoms with Crippen molar-refractivity contribution in [3.8, 4) is 5.75 Å². The van der Waals surface area contributed by atoms with Gasteiger partial charge in [-0.2, -0.15) is 8.78 Å². The van der Waals surface area contributed by atoms with Crippen molar-refractivity contribution in [1.29, 1.82) is 0 Å². The minimum atomic E-state index is -3.41. The van der Waals surface area contributed by atoms with E-state index in [0.717, 1.165) is 12.0 Å². The number of halogens is 4. The lowest BCUT2D eigenvalue weighted by Crippen LogP contribution is -2.37. The van der Waals surface area contributed by atoms with Gasteiger partial charge in [0.15, 0.2) is 6.29 Å². The lowest BCUT2D eigenvalue weighted by Gasteiger charge is -2.37. The molecule has 0 amide bonds. The smallest absolute Gasteiger partial charge is 0.400 e. The Morgan fingerprint density at radius 1 is 0.811 bits per heavy atom. The van der Waals surface area contributed by atoms with Crippen LogP contribution in [0.25, 0.3) is 0 Å². The molecule has 0 spiro atoms. The first kappa shape index (κ1) is 26.5. The van der Waals surface area contributed by atoms with Crippen LogP contribution >= 0.6 is 0 Å². The zero-order valence-corrected chi connectivity index (χ0v) is 21.3. The van der Waals surface area contributed by atoms with Crippen LogP contribution in [-0.4, -0.2) is 19.3 Å². The predicted octanol–water partition coefficient (Wildman–Crippen LogP) is 8.40. The van der Waals surface area contributed by atoms with Gasteiger partial charge in [-0.3, -0.25) is 0 Å². The average molecular weight is 521 g/mol. The van der Waals surface area contributed by atoms with Gasteiger partial charge in [-0.15, -0.1) is 0 Å². The van der Waals surface area contributed by atoms with Crippen LogP contribution in [-0.2, 0) is 9.47 Å². The van der Waals surface area contributed by atoms with E-state index in [1.807, 2.05) is 6.07 Å². The molecule has 1 saturated heterocycles. The molecule has 1 aliphatic heterocycles. The molecule has 0 aromatic heterocycles. The lowest BCUT2D eigenvalue weighted by molar-refractivity contribution is -0.222. The van der Waals surface area contributed by atoms with Crippen LogP contribution in [0.15, 0.2) is 42.5 Å². The zero-order chi connectivity index (χ0) is 26.0. The predicted molar refractivity (Wildman–Crippen MR) is 132 cm³/mol. The van der Waals surface area contributed by atoms with Crippen LogP contribution in [0.2, 0.25) is 0 Å². The SMILES string of the molecule is CC1CCC(C2COC(c3ccc(C4CCC(C(F)(F)Oc5cccc(F)c5)CC4)c(F)c3)OC2)CC1.